The molecule has 0 amide bonds. The molecule has 0 aromatic heterocycles. The van der Waals surface area contributed by atoms with E-state index in [-0.39, 0.29) is 0 Å². The van der Waals surface area contributed by atoms with E-state index in [1.165, 1.54) is 111 Å². The summed E-state index contributed by atoms with van der Waals surface area (Å²) in [6.45, 7) is 0. The molecule has 0 radical (unpaired) electrons. The van der Waals surface area contributed by atoms with Crippen LogP contribution < -0.4 is 0 Å². The number of rotatable bonds is 10. The Morgan fingerprint density at radius 1 is 0.0909 bits per heavy atom. The first-order valence-electron chi connectivity index (χ1n) is 22.7. The minimum Gasteiger partial charge on any atom is -0.0622 e. The van der Waals surface area contributed by atoms with Gasteiger partial charge in [-0.1, -0.05) is 224 Å². The molecule has 0 nitrogen and oxygen atoms in total. The van der Waals surface area contributed by atoms with Crippen molar-refractivity contribution in [1.29, 1.82) is 0 Å². The van der Waals surface area contributed by atoms with E-state index in [0.29, 0.717) is 0 Å². The maximum atomic E-state index is 2.36. The van der Waals surface area contributed by atoms with Crippen molar-refractivity contribution in [2.45, 2.75) is 0 Å². The number of benzene rings is 11. The highest BCUT2D eigenvalue weighted by Crippen LogP contribution is 2.38. The molecule has 0 aliphatic heterocycles. The first-order chi connectivity index (χ1) is 32.7. The number of hydrogen-bond donors (Lipinski definition) is 0. The van der Waals surface area contributed by atoms with Crippen molar-refractivity contribution in [3.8, 4) is 111 Å². The predicted molar refractivity (Wildman–Crippen MR) is 281 cm³/mol. The summed E-state index contributed by atoms with van der Waals surface area (Å²) in [4.78, 5) is 0. The zero-order valence-corrected chi connectivity index (χ0v) is 36.6. The molecular formula is C66H46. The van der Waals surface area contributed by atoms with Gasteiger partial charge in [-0.05, 0) is 166 Å². The van der Waals surface area contributed by atoms with Gasteiger partial charge in [0.2, 0.25) is 0 Å². The van der Waals surface area contributed by atoms with Gasteiger partial charge >= 0.3 is 0 Å². The van der Waals surface area contributed by atoms with Crippen molar-refractivity contribution in [1.82, 2.24) is 0 Å². The highest BCUT2D eigenvalue weighted by atomic mass is 14.2. The van der Waals surface area contributed by atoms with Gasteiger partial charge in [0.25, 0.3) is 0 Å². The predicted octanol–water partition coefficient (Wildman–Crippen LogP) is 18.4. The van der Waals surface area contributed by atoms with E-state index < -0.39 is 0 Å². The van der Waals surface area contributed by atoms with Crippen LogP contribution >= 0.6 is 0 Å². The molecule has 66 heavy (non-hydrogen) atoms. The van der Waals surface area contributed by atoms with Crippen LogP contribution in [0.15, 0.2) is 279 Å². The third-order valence-electron chi connectivity index (χ3n) is 12.6. The molecule has 0 aliphatic carbocycles. The smallest absolute Gasteiger partial charge is 0.0171 e. The molecule has 11 rings (SSSR count). The fourth-order valence-electron chi connectivity index (χ4n) is 9.14. The van der Waals surface area contributed by atoms with Gasteiger partial charge in [-0.2, -0.15) is 0 Å². The van der Waals surface area contributed by atoms with Crippen LogP contribution in [-0.4, -0.2) is 0 Å². The molecule has 0 bridgehead atoms. The summed E-state index contributed by atoms with van der Waals surface area (Å²) in [6.07, 6.45) is 0. The van der Waals surface area contributed by atoms with Gasteiger partial charge in [-0.25, -0.2) is 0 Å². The lowest BCUT2D eigenvalue weighted by Gasteiger charge is -2.14. The Bertz CT molecular complexity index is 3440. The largest absolute Gasteiger partial charge is 0.0622 e. The van der Waals surface area contributed by atoms with E-state index >= 15 is 0 Å². The molecule has 0 atom stereocenters. The second kappa shape index (κ2) is 18.3. The quantitative estimate of drug-likeness (QED) is 0.129. The van der Waals surface area contributed by atoms with Crippen molar-refractivity contribution in [2.75, 3.05) is 0 Å². The maximum Gasteiger partial charge on any atom is -0.0171 e. The Balaban J connectivity index is 0.983. The number of hydrogen-bond acceptors (Lipinski definition) is 0. The third-order valence-corrected chi connectivity index (χ3v) is 12.6. The Morgan fingerprint density at radius 2 is 0.227 bits per heavy atom. The first kappa shape index (κ1) is 40.2. The van der Waals surface area contributed by atoms with Gasteiger partial charge in [0.1, 0.15) is 0 Å². The first-order valence-corrected chi connectivity index (χ1v) is 22.7. The lowest BCUT2D eigenvalue weighted by molar-refractivity contribution is 1.54. The van der Waals surface area contributed by atoms with E-state index in [1.807, 2.05) is 0 Å². The molecule has 0 unspecified atom stereocenters. The van der Waals surface area contributed by atoms with Gasteiger partial charge in [0, 0.05) is 0 Å². The van der Waals surface area contributed by atoms with E-state index in [2.05, 4.69) is 279 Å². The Hall–Kier alpha value is -8.58. The Kier molecular flexibility index (Phi) is 11.1. The average molecular weight is 839 g/mol. The van der Waals surface area contributed by atoms with Crippen LogP contribution in [0.3, 0.4) is 0 Å². The molecular weight excluding hydrogens is 793 g/mol. The molecule has 0 heterocycles. The van der Waals surface area contributed by atoms with Gasteiger partial charge < -0.3 is 0 Å². The van der Waals surface area contributed by atoms with Crippen molar-refractivity contribution in [3.05, 3.63) is 279 Å². The van der Waals surface area contributed by atoms with Crippen LogP contribution in [0.25, 0.3) is 111 Å². The summed E-state index contributed by atoms with van der Waals surface area (Å²) in [6, 6.07) is 101. The fourth-order valence-corrected chi connectivity index (χ4v) is 9.14. The summed E-state index contributed by atoms with van der Waals surface area (Å²) in [5.41, 5.74) is 23.9. The van der Waals surface area contributed by atoms with Crippen LogP contribution in [0.1, 0.15) is 0 Å². The van der Waals surface area contributed by atoms with E-state index in [0.717, 1.165) is 0 Å². The lowest BCUT2D eigenvalue weighted by Crippen LogP contribution is -1.89. The van der Waals surface area contributed by atoms with Crippen LogP contribution in [0, 0.1) is 0 Å². The van der Waals surface area contributed by atoms with Gasteiger partial charge in [-0.15, -0.1) is 0 Å². The Morgan fingerprint density at radius 3 is 0.470 bits per heavy atom. The molecule has 11 aromatic carbocycles. The van der Waals surface area contributed by atoms with E-state index in [1.54, 1.807) is 0 Å². The average Bonchev–Trinajstić information content (AvgIpc) is 3.42. The van der Waals surface area contributed by atoms with Crippen LogP contribution in [0.4, 0.5) is 0 Å². The second-order valence-electron chi connectivity index (χ2n) is 17.0. The highest BCUT2D eigenvalue weighted by Gasteiger charge is 2.13. The summed E-state index contributed by atoms with van der Waals surface area (Å²) < 4.78 is 0. The van der Waals surface area contributed by atoms with Crippen molar-refractivity contribution < 1.29 is 0 Å². The van der Waals surface area contributed by atoms with E-state index in [9.17, 15) is 0 Å². The van der Waals surface area contributed by atoms with Gasteiger partial charge in [-0.3, -0.25) is 0 Å². The SMILES string of the molecule is c1ccc(-c2ccc(-c3cccc(-c4cc(-c5cccc(-c6cccc(-c7ccccc7)c6)c5)cc(-c5cccc(-c6cccc(-c7cccc(-c8ccccc8)c7)c6)c5)c4)c3)cc2)cc1. The second-order valence-corrected chi connectivity index (χ2v) is 17.0. The zero-order valence-electron chi connectivity index (χ0n) is 36.6. The molecule has 0 aliphatic rings. The van der Waals surface area contributed by atoms with E-state index in [4.69, 9.17) is 0 Å². The summed E-state index contributed by atoms with van der Waals surface area (Å²) in [7, 11) is 0. The summed E-state index contributed by atoms with van der Waals surface area (Å²) >= 11 is 0. The summed E-state index contributed by atoms with van der Waals surface area (Å²) in [5.74, 6) is 0. The van der Waals surface area contributed by atoms with Crippen LogP contribution in [0.2, 0.25) is 0 Å². The van der Waals surface area contributed by atoms with Crippen LogP contribution in [-0.2, 0) is 0 Å². The van der Waals surface area contributed by atoms with Gasteiger partial charge in [0.15, 0.2) is 0 Å². The van der Waals surface area contributed by atoms with Crippen LogP contribution in [0.5, 0.6) is 0 Å². The molecule has 11 aromatic rings. The minimum atomic E-state index is 1.17. The third kappa shape index (κ3) is 8.69. The molecule has 0 saturated carbocycles. The normalized spacial score (nSPS) is 11.0. The summed E-state index contributed by atoms with van der Waals surface area (Å²) in [5, 5.41) is 0. The molecule has 0 heteroatoms. The monoisotopic (exact) mass is 838 g/mol. The zero-order chi connectivity index (χ0) is 44.1. The standard InChI is InChI=1S/C66H46/c1-4-16-47(17-5-1)50-34-36-51(37-35-50)54-24-12-31-61(40-54)64-44-65(62-32-14-29-59(42-62)56-26-11-23-53(39-56)49-20-8-3-9-21-49)46-66(45-64)63-33-15-30-60(43-63)58-28-13-27-57(41-58)55-25-10-22-52(38-55)48-18-6-2-7-19-48/h1-46H. The topological polar surface area (TPSA) is 0 Å². The van der Waals surface area contributed by atoms with Gasteiger partial charge in [0.05, 0.1) is 0 Å². The molecule has 310 valence electrons. The van der Waals surface area contributed by atoms with Crippen molar-refractivity contribution in [3.63, 3.8) is 0 Å². The minimum absolute atomic E-state index is 1.17. The lowest BCUT2D eigenvalue weighted by atomic mass is 9.90. The Labute approximate surface area is 388 Å². The molecule has 0 saturated heterocycles. The molecule has 0 N–H and O–H groups in total. The molecule has 0 fully saturated rings. The maximum absolute atomic E-state index is 2.36. The molecule has 0 spiro atoms. The highest BCUT2D eigenvalue weighted by molar-refractivity contribution is 5.87. The van der Waals surface area contributed by atoms with Crippen molar-refractivity contribution in [2.24, 2.45) is 0 Å². The van der Waals surface area contributed by atoms with Crippen molar-refractivity contribution >= 4 is 0 Å². The fraction of sp³-hybridized carbons (Fsp3) is 0.